The third-order valence-electron chi connectivity index (χ3n) is 2.53. The van der Waals surface area contributed by atoms with Crippen LogP contribution in [0.15, 0.2) is 5.38 Å². The molecule has 0 spiro atoms. The Hall–Kier alpha value is -0.0600. The molecule has 2 nitrogen and oxygen atoms in total. The van der Waals surface area contributed by atoms with Crippen molar-refractivity contribution in [2.24, 2.45) is 0 Å². The molecule has 0 bridgehead atoms. The fourth-order valence-corrected chi connectivity index (χ4v) is 2.96. The van der Waals surface area contributed by atoms with Gasteiger partial charge in [0.1, 0.15) is 0 Å². The van der Waals surface area contributed by atoms with Gasteiger partial charge in [-0.3, -0.25) is 0 Å². The summed E-state index contributed by atoms with van der Waals surface area (Å²) < 4.78 is 5.34. The summed E-state index contributed by atoms with van der Waals surface area (Å²) in [6.45, 7) is 1.79. The molecule has 1 saturated heterocycles. The van der Waals surface area contributed by atoms with Gasteiger partial charge in [-0.05, 0) is 18.6 Å². The Morgan fingerprint density at radius 2 is 2.29 bits per heavy atom. The van der Waals surface area contributed by atoms with E-state index in [2.05, 4.69) is 23.0 Å². The maximum absolute atomic E-state index is 5.34. The Morgan fingerprint density at radius 3 is 3.00 bits per heavy atom. The molecule has 0 N–H and O–H groups in total. The van der Waals surface area contributed by atoms with Crippen molar-refractivity contribution in [2.45, 2.75) is 25.2 Å². The average molecular weight is 229 g/mol. The molecule has 1 aliphatic heterocycles. The first kappa shape index (κ1) is 10.5. The summed E-state index contributed by atoms with van der Waals surface area (Å²) in [5.41, 5.74) is 1.27. The number of hydrogen-bond donors (Lipinski definition) is 1. The van der Waals surface area contributed by atoms with Gasteiger partial charge >= 0.3 is 0 Å². The maximum atomic E-state index is 5.34. The highest BCUT2D eigenvalue weighted by atomic mass is 32.1. The Kier molecular flexibility index (Phi) is 3.84. The smallest absolute Gasteiger partial charge is 0.0936 e. The number of thiazole rings is 1. The summed E-state index contributed by atoms with van der Waals surface area (Å²) in [7, 11) is 0. The zero-order chi connectivity index (χ0) is 9.80. The first-order valence-corrected chi connectivity index (χ1v) is 6.54. The van der Waals surface area contributed by atoms with Gasteiger partial charge in [0.15, 0.2) is 0 Å². The molecule has 1 aliphatic rings. The molecule has 0 aromatic carbocycles. The van der Waals surface area contributed by atoms with Crippen LogP contribution >= 0.6 is 24.0 Å². The number of nitrogens with zero attached hydrogens (tertiary/aromatic N) is 1. The molecule has 1 fully saturated rings. The standard InChI is InChI=1S/C10H15NOS2/c13-6-3-10-11-9(7-14-10)8-1-4-12-5-2-8/h7-8,13H,1-6H2. The SMILES string of the molecule is SCCc1nc(C2CCOCC2)cs1. The van der Waals surface area contributed by atoms with E-state index in [1.165, 1.54) is 10.7 Å². The van der Waals surface area contributed by atoms with Crippen molar-refractivity contribution >= 4 is 24.0 Å². The predicted octanol–water partition coefficient (Wildman–Crippen LogP) is 2.51. The third-order valence-corrected chi connectivity index (χ3v) is 3.69. The number of hydrogen-bond acceptors (Lipinski definition) is 4. The average Bonchev–Trinajstić information content (AvgIpc) is 2.68. The van der Waals surface area contributed by atoms with Gasteiger partial charge in [-0.15, -0.1) is 11.3 Å². The van der Waals surface area contributed by atoms with E-state index in [0.29, 0.717) is 5.92 Å². The molecule has 0 amide bonds. The van der Waals surface area contributed by atoms with E-state index in [1.54, 1.807) is 11.3 Å². The summed E-state index contributed by atoms with van der Waals surface area (Å²) >= 11 is 5.98. The zero-order valence-corrected chi connectivity index (χ0v) is 9.82. The number of ether oxygens (including phenoxy) is 1. The molecule has 0 radical (unpaired) electrons. The van der Waals surface area contributed by atoms with Crippen LogP contribution in [0.5, 0.6) is 0 Å². The summed E-state index contributed by atoms with van der Waals surface area (Å²) in [6.07, 6.45) is 3.26. The van der Waals surface area contributed by atoms with Crippen LogP contribution < -0.4 is 0 Å². The van der Waals surface area contributed by atoms with E-state index >= 15 is 0 Å². The van der Waals surface area contributed by atoms with Crippen LogP contribution in [0.4, 0.5) is 0 Å². The first-order chi connectivity index (χ1) is 6.90. The Labute approximate surface area is 94.1 Å². The van der Waals surface area contributed by atoms with Gasteiger partial charge in [-0.1, -0.05) is 0 Å². The summed E-state index contributed by atoms with van der Waals surface area (Å²) in [5.74, 6) is 1.52. The minimum absolute atomic E-state index is 0.633. The third kappa shape index (κ3) is 2.49. The molecule has 0 aliphatic carbocycles. The van der Waals surface area contributed by atoms with Crippen LogP contribution in [-0.4, -0.2) is 24.0 Å². The lowest BCUT2D eigenvalue weighted by molar-refractivity contribution is 0.0846. The van der Waals surface area contributed by atoms with Crippen molar-refractivity contribution in [3.05, 3.63) is 16.1 Å². The normalized spacial score (nSPS) is 18.6. The van der Waals surface area contributed by atoms with E-state index in [-0.39, 0.29) is 0 Å². The number of thiol groups is 1. The van der Waals surface area contributed by atoms with Crippen LogP contribution in [-0.2, 0) is 11.2 Å². The minimum atomic E-state index is 0.633. The van der Waals surface area contributed by atoms with E-state index in [1.807, 2.05) is 0 Å². The molecular formula is C10H15NOS2. The van der Waals surface area contributed by atoms with Crippen LogP contribution in [0.2, 0.25) is 0 Å². The molecule has 1 aromatic heterocycles. The molecule has 0 saturated carbocycles. The van der Waals surface area contributed by atoms with Crippen LogP contribution in [0.1, 0.15) is 29.5 Å². The highest BCUT2D eigenvalue weighted by molar-refractivity contribution is 7.80. The number of rotatable bonds is 3. The topological polar surface area (TPSA) is 22.1 Å². The molecule has 0 atom stereocenters. The second-order valence-corrected chi connectivity index (χ2v) is 4.92. The summed E-state index contributed by atoms with van der Waals surface area (Å²) in [5, 5.41) is 3.43. The lowest BCUT2D eigenvalue weighted by Crippen LogP contribution is -2.14. The van der Waals surface area contributed by atoms with E-state index in [0.717, 1.165) is 38.2 Å². The maximum Gasteiger partial charge on any atom is 0.0936 e. The first-order valence-electron chi connectivity index (χ1n) is 5.03. The molecule has 4 heteroatoms. The summed E-state index contributed by atoms with van der Waals surface area (Å²) in [4.78, 5) is 4.64. The molecule has 14 heavy (non-hydrogen) atoms. The lowest BCUT2D eigenvalue weighted by Gasteiger charge is -2.19. The second-order valence-electron chi connectivity index (χ2n) is 3.53. The fraction of sp³-hybridized carbons (Fsp3) is 0.700. The van der Waals surface area contributed by atoms with Gasteiger partial charge in [0.2, 0.25) is 0 Å². The van der Waals surface area contributed by atoms with Crippen molar-refractivity contribution in [1.29, 1.82) is 0 Å². The van der Waals surface area contributed by atoms with Gasteiger partial charge in [0.25, 0.3) is 0 Å². The van der Waals surface area contributed by atoms with Crippen molar-refractivity contribution in [1.82, 2.24) is 4.98 Å². The van der Waals surface area contributed by atoms with Crippen LogP contribution in [0.3, 0.4) is 0 Å². The minimum Gasteiger partial charge on any atom is -0.381 e. The highest BCUT2D eigenvalue weighted by Gasteiger charge is 2.18. The molecule has 78 valence electrons. The largest absolute Gasteiger partial charge is 0.381 e. The molecule has 0 unspecified atom stereocenters. The monoisotopic (exact) mass is 229 g/mol. The van der Waals surface area contributed by atoms with E-state index < -0.39 is 0 Å². The van der Waals surface area contributed by atoms with Gasteiger partial charge in [0, 0.05) is 30.9 Å². The van der Waals surface area contributed by atoms with Crippen LogP contribution in [0, 0.1) is 0 Å². The quantitative estimate of drug-likeness (QED) is 0.805. The summed E-state index contributed by atoms with van der Waals surface area (Å²) in [6, 6.07) is 0. The lowest BCUT2D eigenvalue weighted by atomic mass is 9.98. The van der Waals surface area contributed by atoms with Crippen molar-refractivity contribution in [2.75, 3.05) is 19.0 Å². The second kappa shape index (κ2) is 5.14. The zero-order valence-electron chi connectivity index (χ0n) is 8.11. The van der Waals surface area contributed by atoms with E-state index in [9.17, 15) is 0 Å². The number of aryl methyl sites for hydroxylation is 1. The van der Waals surface area contributed by atoms with Crippen LogP contribution in [0.25, 0.3) is 0 Å². The van der Waals surface area contributed by atoms with Crippen molar-refractivity contribution in [3.63, 3.8) is 0 Å². The molecule has 1 aromatic rings. The molecular weight excluding hydrogens is 214 g/mol. The van der Waals surface area contributed by atoms with Gasteiger partial charge in [-0.2, -0.15) is 12.6 Å². The fourth-order valence-electron chi connectivity index (χ4n) is 1.72. The van der Waals surface area contributed by atoms with Gasteiger partial charge in [0.05, 0.1) is 10.7 Å². The highest BCUT2D eigenvalue weighted by Crippen LogP contribution is 2.27. The Bertz CT molecular complexity index is 281. The Balaban J connectivity index is 2.00. The number of aromatic nitrogens is 1. The molecule has 2 rings (SSSR count). The van der Waals surface area contributed by atoms with E-state index in [4.69, 9.17) is 4.74 Å². The Morgan fingerprint density at radius 1 is 1.50 bits per heavy atom. The van der Waals surface area contributed by atoms with Gasteiger partial charge in [-0.25, -0.2) is 4.98 Å². The van der Waals surface area contributed by atoms with Crippen molar-refractivity contribution < 1.29 is 4.74 Å². The molecule has 2 heterocycles. The van der Waals surface area contributed by atoms with Crippen molar-refractivity contribution in [3.8, 4) is 0 Å². The van der Waals surface area contributed by atoms with Gasteiger partial charge < -0.3 is 4.74 Å². The predicted molar refractivity (Wildman–Crippen MR) is 62.5 cm³/mol.